The van der Waals surface area contributed by atoms with Gasteiger partial charge in [-0.1, -0.05) is 0 Å². The molecule has 0 aliphatic heterocycles. The predicted molar refractivity (Wildman–Crippen MR) is 85.2 cm³/mol. The zero-order valence-corrected chi connectivity index (χ0v) is 13.2. The molecule has 0 spiro atoms. The molecule has 1 aliphatic carbocycles. The number of hydrogen-bond donors (Lipinski definition) is 2. The Hall–Kier alpha value is -2.31. The van der Waals surface area contributed by atoms with Gasteiger partial charge in [-0.25, -0.2) is 14.5 Å². The maximum atomic E-state index is 10.0. The Morgan fingerprint density at radius 2 is 2.09 bits per heavy atom. The van der Waals surface area contributed by atoms with Crippen LogP contribution in [0.15, 0.2) is 18.3 Å². The summed E-state index contributed by atoms with van der Waals surface area (Å²) in [6, 6.07) is 4.38. The molecule has 1 amide bonds. The standard InChI is InChI=1S/C10H12N4.C5H11NO2/c11-9-8-5-2-6-12-10(8)14(13-9)7-3-1-4-7;1-5(2,3)8-4(6)7/h2,5-7H,1,3-4H2,(H2,11,13);1-3H3,(H2,6,7). The number of pyridine rings is 1. The fourth-order valence-corrected chi connectivity index (χ4v) is 2.18. The van der Waals surface area contributed by atoms with Gasteiger partial charge in [-0.05, 0) is 52.2 Å². The van der Waals surface area contributed by atoms with Gasteiger partial charge in [0.25, 0.3) is 0 Å². The van der Waals surface area contributed by atoms with Crippen molar-refractivity contribution in [2.45, 2.75) is 51.7 Å². The van der Waals surface area contributed by atoms with E-state index in [0.717, 1.165) is 11.0 Å². The Balaban J connectivity index is 0.000000192. The second kappa shape index (κ2) is 6.21. The van der Waals surface area contributed by atoms with Crippen LogP contribution in [0.1, 0.15) is 46.1 Å². The van der Waals surface area contributed by atoms with E-state index in [1.54, 1.807) is 27.0 Å². The van der Waals surface area contributed by atoms with Gasteiger partial charge in [0.2, 0.25) is 0 Å². The Bertz CT molecular complexity index is 655. The fraction of sp³-hybridized carbons (Fsp3) is 0.533. The highest BCUT2D eigenvalue weighted by Gasteiger charge is 2.23. The minimum absolute atomic E-state index is 0.453. The van der Waals surface area contributed by atoms with E-state index in [0.29, 0.717) is 11.9 Å². The molecule has 0 saturated heterocycles. The lowest BCUT2D eigenvalue weighted by molar-refractivity contribution is 0.0600. The van der Waals surface area contributed by atoms with Crippen molar-refractivity contribution in [1.29, 1.82) is 0 Å². The smallest absolute Gasteiger partial charge is 0.405 e. The van der Waals surface area contributed by atoms with E-state index in [9.17, 15) is 4.79 Å². The number of carbonyl (C=O) groups is 1. The Labute approximate surface area is 129 Å². The van der Waals surface area contributed by atoms with Crippen LogP contribution < -0.4 is 11.5 Å². The monoisotopic (exact) mass is 305 g/mol. The number of ether oxygens (including phenoxy) is 1. The lowest BCUT2D eigenvalue weighted by Crippen LogP contribution is -2.27. The fourth-order valence-electron chi connectivity index (χ4n) is 2.18. The average molecular weight is 305 g/mol. The van der Waals surface area contributed by atoms with Crippen molar-refractivity contribution in [3.05, 3.63) is 18.3 Å². The lowest BCUT2D eigenvalue weighted by atomic mass is 9.93. The molecular formula is C15H23N5O2. The van der Waals surface area contributed by atoms with Crippen molar-refractivity contribution in [1.82, 2.24) is 14.8 Å². The molecule has 7 heteroatoms. The summed E-state index contributed by atoms with van der Waals surface area (Å²) in [5, 5.41) is 5.32. The number of rotatable bonds is 1. The van der Waals surface area contributed by atoms with Gasteiger partial charge in [0.05, 0.1) is 11.4 Å². The number of anilines is 1. The first-order valence-corrected chi connectivity index (χ1v) is 7.35. The van der Waals surface area contributed by atoms with E-state index in [-0.39, 0.29) is 0 Å². The number of primary amides is 1. The summed E-state index contributed by atoms with van der Waals surface area (Å²) in [7, 11) is 0. The van der Waals surface area contributed by atoms with Gasteiger partial charge in [-0.2, -0.15) is 5.10 Å². The highest BCUT2D eigenvalue weighted by Crippen LogP contribution is 2.34. The first-order valence-electron chi connectivity index (χ1n) is 7.35. The van der Waals surface area contributed by atoms with Crippen LogP contribution in [0.25, 0.3) is 11.0 Å². The van der Waals surface area contributed by atoms with E-state index in [2.05, 4.69) is 14.8 Å². The van der Waals surface area contributed by atoms with Crippen LogP contribution in [-0.4, -0.2) is 26.5 Å². The normalized spacial score (nSPS) is 14.9. The molecule has 0 unspecified atom stereocenters. The number of carbonyl (C=O) groups excluding carboxylic acids is 1. The van der Waals surface area contributed by atoms with E-state index < -0.39 is 11.7 Å². The molecule has 22 heavy (non-hydrogen) atoms. The van der Waals surface area contributed by atoms with Gasteiger partial charge in [-0.15, -0.1) is 0 Å². The second-order valence-corrected chi connectivity index (χ2v) is 6.32. The number of hydrogen-bond acceptors (Lipinski definition) is 5. The van der Waals surface area contributed by atoms with Crippen LogP contribution in [0.2, 0.25) is 0 Å². The summed E-state index contributed by atoms with van der Waals surface area (Å²) in [5.41, 5.74) is 11.0. The largest absolute Gasteiger partial charge is 0.444 e. The summed E-state index contributed by atoms with van der Waals surface area (Å²) in [6.45, 7) is 5.28. The molecule has 2 aromatic rings. The highest BCUT2D eigenvalue weighted by molar-refractivity contribution is 5.86. The molecule has 1 aliphatic rings. The molecule has 1 fully saturated rings. The third-order valence-corrected chi connectivity index (χ3v) is 3.32. The molecule has 2 heterocycles. The number of nitrogens with two attached hydrogens (primary N) is 2. The minimum atomic E-state index is -0.725. The topological polar surface area (TPSA) is 109 Å². The molecule has 0 aromatic carbocycles. The minimum Gasteiger partial charge on any atom is -0.444 e. The summed E-state index contributed by atoms with van der Waals surface area (Å²) in [5.74, 6) is 0.597. The zero-order chi connectivity index (χ0) is 16.3. The lowest BCUT2D eigenvalue weighted by Gasteiger charge is -2.25. The van der Waals surface area contributed by atoms with Gasteiger partial charge < -0.3 is 16.2 Å². The van der Waals surface area contributed by atoms with E-state index >= 15 is 0 Å². The molecule has 7 nitrogen and oxygen atoms in total. The quantitative estimate of drug-likeness (QED) is 0.841. The van der Waals surface area contributed by atoms with Crippen molar-refractivity contribution < 1.29 is 9.53 Å². The van der Waals surface area contributed by atoms with Crippen LogP contribution in [0.5, 0.6) is 0 Å². The summed E-state index contributed by atoms with van der Waals surface area (Å²) in [4.78, 5) is 14.3. The highest BCUT2D eigenvalue weighted by atomic mass is 16.6. The summed E-state index contributed by atoms with van der Waals surface area (Å²) in [6.07, 6.45) is 4.76. The van der Waals surface area contributed by atoms with Crippen molar-refractivity contribution in [2.75, 3.05) is 5.73 Å². The van der Waals surface area contributed by atoms with Gasteiger partial charge in [-0.3, -0.25) is 0 Å². The second-order valence-electron chi connectivity index (χ2n) is 6.32. The Morgan fingerprint density at radius 3 is 2.55 bits per heavy atom. The molecular weight excluding hydrogens is 282 g/mol. The molecule has 2 aromatic heterocycles. The van der Waals surface area contributed by atoms with Crippen molar-refractivity contribution >= 4 is 22.9 Å². The van der Waals surface area contributed by atoms with Crippen LogP contribution in [0.3, 0.4) is 0 Å². The molecule has 3 rings (SSSR count). The van der Waals surface area contributed by atoms with Crippen molar-refractivity contribution in [2.24, 2.45) is 5.73 Å². The van der Waals surface area contributed by atoms with E-state index in [4.69, 9.17) is 11.5 Å². The number of fused-ring (bicyclic) bond motifs is 1. The zero-order valence-electron chi connectivity index (χ0n) is 13.2. The third kappa shape index (κ3) is 3.87. The van der Waals surface area contributed by atoms with E-state index in [1.807, 2.05) is 16.8 Å². The van der Waals surface area contributed by atoms with Crippen LogP contribution in [0.4, 0.5) is 10.6 Å². The van der Waals surface area contributed by atoms with Gasteiger partial charge in [0.1, 0.15) is 5.60 Å². The Morgan fingerprint density at radius 1 is 1.41 bits per heavy atom. The first-order chi connectivity index (χ1) is 10.3. The predicted octanol–water partition coefficient (Wildman–Crippen LogP) is 2.62. The van der Waals surface area contributed by atoms with Crippen LogP contribution in [0, 0.1) is 0 Å². The summed E-state index contributed by atoms with van der Waals surface area (Å²) >= 11 is 0. The number of aromatic nitrogens is 3. The molecule has 0 bridgehead atoms. The average Bonchev–Trinajstić information content (AvgIpc) is 2.63. The maximum absolute atomic E-state index is 10.0. The molecule has 0 atom stereocenters. The van der Waals surface area contributed by atoms with Crippen LogP contribution in [-0.2, 0) is 4.74 Å². The molecule has 4 N–H and O–H groups in total. The van der Waals surface area contributed by atoms with Gasteiger partial charge in [0, 0.05) is 6.20 Å². The van der Waals surface area contributed by atoms with Crippen molar-refractivity contribution in [3.8, 4) is 0 Å². The number of nitrogen functional groups attached to an aromatic ring is 1. The van der Waals surface area contributed by atoms with Crippen molar-refractivity contribution in [3.63, 3.8) is 0 Å². The first kappa shape index (κ1) is 16.1. The third-order valence-electron chi connectivity index (χ3n) is 3.32. The number of amides is 1. The molecule has 0 radical (unpaired) electrons. The molecule has 1 saturated carbocycles. The maximum Gasteiger partial charge on any atom is 0.405 e. The van der Waals surface area contributed by atoms with Gasteiger partial charge >= 0.3 is 6.09 Å². The molecule has 120 valence electrons. The van der Waals surface area contributed by atoms with Crippen LogP contribution >= 0.6 is 0 Å². The van der Waals surface area contributed by atoms with E-state index in [1.165, 1.54) is 19.3 Å². The summed E-state index contributed by atoms with van der Waals surface area (Å²) < 4.78 is 6.56. The SMILES string of the molecule is CC(C)(C)OC(N)=O.Nc1nn(C2CCC2)c2ncccc12. The Kier molecular flexibility index (Phi) is 4.54. The van der Waals surface area contributed by atoms with Gasteiger partial charge in [0.15, 0.2) is 11.5 Å². The number of nitrogens with zero attached hydrogens (tertiary/aromatic N) is 3.